The van der Waals surface area contributed by atoms with Gasteiger partial charge in [0.15, 0.2) is 0 Å². The highest BCUT2D eigenvalue weighted by Gasteiger charge is 2.35. The van der Waals surface area contributed by atoms with Gasteiger partial charge in [0.05, 0.1) is 12.0 Å². The third-order valence-electron chi connectivity index (χ3n) is 5.20. The van der Waals surface area contributed by atoms with Gasteiger partial charge in [0, 0.05) is 12.6 Å². The Hall–Kier alpha value is -1.52. The molecule has 1 saturated carbocycles. The molecule has 1 amide bonds. The number of carbonyl (C=O) groups excluding carboxylic acids is 1. The third kappa shape index (κ3) is 3.70. The van der Waals surface area contributed by atoms with E-state index >= 15 is 0 Å². The average molecular weight is 325 g/mol. The summed E-state index contributed by atoms with van der Waals surface area (Å²) in [4.78, 5) is 14.6. The molecule has 5 heteroatoms. The Kier molecular flexibility index (Phi) is 4.64. The molecule has 0 bridgehead atoms. The number of piperidine rings is 1. The molecule has 2 unspecified atom stereocenters. The van der Waals surface area contributed by atoms with Crippen molar-refractivity contribution in [3.05, 3.63) is 35.4 Å². The van der Waals surface area contributed by atoms with Crippen LogP contribution in [0, 0.1) is 5.92 Å². The van der Waals surface area contributed by atoms with Crippen LogP contribution in [0.15, 0.2) is 24.3 Å². The SMILES string of the molecule is O=C(Cc1ccc(C(F)(F)F)cc1)N1CCCC2CCCCC21. The Balaban J connectivity index is 1.66. The van der Waals surface area contributed by atoms with Crippen molar-refractivity contribution in [2.45, 2.75) is 57.2 Å². The fraction of sp³-hybridized carbons (Fsp3) is 0.611. The molecule has 0 N–H and O–H groups in total. The maximum Gasteiger partial charge on any atom is 0.416 e. The van der Waals surface area contributed by atoms with Crippen LogP contribution in [0.1, 0.15) is 49.7 Å². The first-order valence-electron chi connectivity index (χ1n) is 8.41. The standard InChI is InChI=1S/C18H22F3NO/c19-18(20,21)15-9-7-13(8-10-15)12-17(23)22-11-3-5-14-4-1-2-6-16(14)22/h7-10,14,16H,1-6,11-12H2. The number of alkyl halides is 3. The van der Waals surface area contributed by atoms with E-state index in [4.69, 9.17) is 0 Å². The van der Waals surface area contributed by atoms with Crippen LogP contribution in [0.4, 0.5) is 13.2 Å². The lowest BCUT2D eigenvalue weighted by molar-refractivity contribution is -0.137. The lowest BCUT2D eigenvalue weighted by Gasteiger charge is -2.44. The van der Waals surface area contributed by atoms with Gasteiger partial charge in [-0.1, -0.05) is 25.0 Å². The van der Waals surface area contributed by atoms with Crippen LogP contribution >= 0.6 is 0 Å². The summed E-state index contributed by atoms with van der Waals surface area (Å²) < 4.78 is 37.7. The fourth-order valence-corrected chi connectivity index (χ4v) is 4.02. The van der Waals surface area contributed by atoms with Crippen molar-refractivity contribution < 1.29 is 18.0 Å². The van der Waals surface area contributed by atoms with Crippen LogP contribution in [-0.4, -0.2) is 23.4 Å². The largest absolute Gasteiger partial charge is 0.416 e. The van der Waals surface area contributed by atoms with Gasteiger partial charge in [0.25, 0.3) is 0 Å². The maximum atomic E-state index is 12.6. The lowest BCUT2D eigenvalue weighted by atomic mass is 9.78. The van der Waals surface area contributed by atoms with Crippen LogP contribution in [0.3, 0.4) is 0 Å². The van der Waals surface area contributed by atoms with E-state index in [-0.39, 0.29) is 12.3 Å². The maximum absolute atomic E-state index is 12.6. The van der Waals surface area contributed by atoms with Crippen LogP contribution in [0.25, 0.3) is 0 Å². The summed E-state index contributed by atoms with van der Waals surface area (Å²) in [6.07, 6.45) is 2.81. The average Bonchev–Trinajstić information content (AvgIpc) is 2.54. The topological polar surface area (TPSA) is 20.3 Å². The number of likely N-dealkylation sites (tertiary alicyclic amines) is 1. The predicted octanol–water partition coefficient (Wildman–Crippen LogP) is 4.43. The first kappa shape index (κ1) is 16.3. The molecule has 2 nitrogen and oxygen atoms in total. The minimum absolute atomic E-state index is 0.0568. The van der Waals surface area contributed by atoms with E-state index in [0.29, 0.717) is 17.5 Å². The molecule has 2 atom stereocenters. The molecule has 2 fully saturated rings. The van der Waals surface area contributed by atoms with Crippen LogP contribution in [-0.2, 0) is 17.4 Å². The number of carbonyl (C=O) groups is 1. The Labute approximate surface area is 134 Å². The quantitative estimate of drug-likeness (QED) is 0.788. The number of hydrogen-bond donors (Lipinski definition) is 0. The number of amides is 1. The van der Waals surface area contributed by atoms with Crippen LogP contribution in [0.5, 0.6) is 0 Å². The number of rotatable bonds is 2. The zero-order chi connectivity index (χ0) is 16.4. The van der Waals surface area contributed by atoms with Crippen molar-refractivity contribution in [3.8, 4) is 0 Å². The van der Waals surface area contributed by atoms with E-state index in [1.165, 1.54) is 37.8 Å². The minimum Gasteiger partial charge on any atom is -0.339 e. The Morgan fingerprint density at radius 3 is 2.39 bits per heavy atom. The Morgan fingerprint density at radius 1 is 1.04 bits per heavy atom. The highest BCUT2D eigenvalue weighted by atomic mass is 19.4. The third-order valence-corrected chi connectivity index (χ3v) is 5.20. The molecular formula is C18H22F3NO. The van der Waals surface area contributed by atoms with Crippen molar-refractivity contribution >= 4 is 5.91 Å². The molecule has 3 rings (SSSR count). The molecule has 0 spiro atoms. The summed E-state index contributed by atoms with van der Waals surface area (Å²) in [5, 5.41) is 0. The van der Waals surface area contributed by atoms with Crippen molar-refractivity contribution in [1.29, 1.82) is 0 Å². The van der Waals surface area contributed by atoms with E-state index in [9.17, 15) is 18.0 Å². The van der Waals surface area contributed by atoms with Crippen molar-refractivity contribution in [2.24, 2.45) is 5.92 Å². The monoisotopic (exact) mass is 325 g/mol. The van der Waals surface area contributed by atoms with Gasteiger partial charge in [-0.2, -0.15) is 13.2 Å². The van der Waals surface area contributed by atoms with E-state index in [2.05, 4.69) is 0 Å². The normalized spacial score (nSPS) is 25.1. The lowest BCUT2D eigenvalue weighted by Crippen LogP contribution is -2.50. The smallest absolute Gasteiger partial charge is 0.339 e. The summed E-state index contributed by atoms with van der Waals surface area (Å²) in [7, 11) is 0. The molecule has 1 aliphatic heterocycles. The van der Waals surface area contributed by atoms with E-state index in [0.717, 1.165) is 31.5 Å². The number of halogens is 3. The molecule has 1 heterocycles. The highest BCUT2D eigenvalue weighted by molar-refractivity contribution is 5.79. The fourth-order valence-electron chi connectivity index (χ4n) is 4.02. The Morgan fingerprint density at radius 2 is 1.70 bits per heavy atom. The van der Waals surface area contributed by atoms with E-state index in [1.807, 2.05) is 4.90 Å². The van der Waals surface area contributed by atoms with E-state index < -0.39 is 11.7 Å². The number of fused-ring (bicyclic) bond motifs is 1. The summed E-state index contributed by atoms with van der Waals surface area (Å²) in [6.45, 7) is 0.792. The molecule has 1 aromatic carbocycles. The molecule has 1 saturated heterocycles. The first-order chi connectivity index (χ1) is 10.9. The summed E-state index contributed by atoms with van der Waals surface area (Å²) >= 11 is 0. The molecule has 0 radical (unpaired) electrons. The van der Waals surface area contributed by atoms with Gasteiger partial charge in [0.2, 0.25) is 5.91 Å². The number of hydrogen-bond acceptors (Lipinski definition) is 1. The van der Waals surface area contributed by atoms with Gasteiger partial charge in [-0.05, 0) is 49.3 Å². The molecular weight excluding hydrogens is 303 g/mol. The second-order valence-corrected chi connectivity index (χ2v) is 6.71. The molecule has 23 heavy (non-hydrogen) atoms. The van der Waals surface area contributed by atoms with Crippen molar-refractivity contribution in [3.63, 3.8) is 0 Å². The van der Waals surface area contributed by atoms with Crippen LogP contribution < -0.4 is 0 Å². The summed E-state index contributed by atoms with van der Waals surface area (Å²) in [6, 6.07) is 5.30. The number of nitrogens with zero attached hydrogens (tertiary/aromatic N) is 1. The van der Waals surface area contributed by atoms with Gasteiger partial charge in [-0.25, -0.2) is 0 Å². The first-order valence-corrected chi connectivity index (χ1v) is 8.41. The zero-order valence-electron chi connectivity index (χ0n) is 13.1. The predicted molar refractivity (Wildman–Crippen MR) is 81.8 cm³/mol. The van der Waals surface area contributed by atoms with Gasteiger partial charge in [-0.3, -0.25) is 4.79 Å². The second-order valence-electron chi connectivity index (χ2n) is 6.71. The number of benzene rings is 1. The molecule has 2 aliphatic rings. The van der Waals surface area contributed by atoms with Crippen LogP contribution in [0.2, 0.25) is 0 Å². The van der Waals surface area contributed by atoms with Gasteiger partial charge < -0.3 is 4.90 Å². The molecule has 1 aliphatic carbocycles. The second kappa shape index (κ2) is 6.54. The van der Waals surface area contributed by atoms with Gasteiger partial charge >= 0.3 is 6.18 Å². The van der Waals surface area contributed by atoms with Gasteiger partial charge in [0.1, 0.15) is 0 Å². The van der Waals surface area contributed by atoms with Crippen molar-refractivity contribution in [2.75, 3.05) is 6.54 Å². The zero-order valence-corrected chi connectivity index (χ0v) is 13.1. The molecule has 1 aromatic rings. The highest BCUT2D eigenvalue weighted by Crippen LogP contribution is 2.35. The van der Waals surface area contributed by atoms with Gasteiger partial charge in [-0.15, -0.1) is 0 Å². The molecule has 0 aromatic heterocycles. The summed E-state index contributed by atoms with van der Waals surface area (Å²) in [5.41, 5.74) is -0.0139. The summed E-state index contributed by atoms with van der Waals surface area (Å²) in [5.74, 6) is 0.676. The minimum atomic E-state index is -4.33. The Bertz CT molecular complexity index is 550. The molecule has 126 valence electrons. The van der Waals surface area contributed by atoms with Crippen molar-refractivity contribution in [1.82, 2.24) is 4.90 Å². The van der Waals surface area contributed by atoms with E-state index in [1.54, 1.807) is 0 Å².